The van der Waals surface area contributed by atoms with E-state index in [0.717, 1.165) is 25.3 Å². The van der Waals surface area contributed by atoms with E-state index >= 15 is 0 Å². The van der Waals surface area contributed by atoms with Gasteiger partial charge in [0.25, 0.3) is 0 Å². The van der Waals surface area contributed by atoms with Crippen LogP contribution in [0.15, 0.2) is 24.3 Å². The van der Waals surface area contributed by atoms with Gasteiger partial charge in [-0.05, 0) is 44.5 Å². The van der Waals surface area contributed by atoms with Crippen LogP contribution >= 0.6 is 0 Å². The topological polar surface area (TPSA) is 47.6 Å². The van der Waals surface area contributed by atoms with Gasteiger partial charge in [-0.2, -0.15) is 0 Å². The number of methoxy groups -OCH3 is 1. The third kappa shape index (κ3) is 6.82. The van der Waals surface area contributed by atoms with Gasteiger partial charge in [0.15, 0.2) is 0 Å². The molecule has 0 aliphatic heterocycles. The van der Waals surface area contributed by atoms with Gasteiger partial charge in [0.2, 0.25) is 0 Å². The fourth-order valence-electron chi connectivity index (χ4n) is 1.69. The maximum atomic E-state index is 10.9. The monoisotopic (exact) mass is 265 g/mol. The molecule has 1 N–H and O–H groups in total. The molecule has 0 aliphatic carbocycles. The van der Waals surface area contributed by atoms with Crippen molar-refractivity contribution in [2.45, 2.75) is 39.3 Å². The lowest BCUT2D eigenvalue weighted by atomic mass is 10.2. The van der Waals surface area contributed by atoms with Crippen LogP contribution in [0.3, 0.4) is 0 Å². The highest BCUT2D eigenvalue weighted by molar-refractivity contribution is 5.69. The second-order valence-corrected chi connectivity index (χ2v) is 4.67. The van der Waals surface area contributed by atoms with Gasteiger partial charge in [-0.25, -0.2) is 0 Å². The first-order valence-electron chi connectivity index (χ1n) is 6.65. The van der Waals surface area contributed by atoms with Crippen LogP contribution in [0.5, 0.6) is 5.75 Å². The molecule has 0 atom stereocenters. The van der Waals surface area contributed by atoms with Gasteiger partial charge >= 0.3 is 5.97 Å². The van der Waals surface area contributed by atoms with Crippen molar-refractivity contribution in [2.24, 2.45) is 0 Å². The van der Waals surface area contributed by atoms with Crippen molar-refractivity contribution < 1.29 is 14.3 Å². The van der Waals surface area contributed by atoms with Gasteiger partial charge in [0, 0.05) is 13.0 Å². The summed E-state index contributed by atoms with van der Waals surface area (Å²) >= 11 is 0. The normalized spacial score (nSPS) is 10.5. The molecule has 0 fully saturated rings. The van der Waals surface area contributed by atoms with Crippen molar-refractivity contribution in [1.82, 2.24) is 5.32 Å². The quantitative estimate of drug-likeness (QED) is 0.579. The second-order valence-electron chi connectivity index (χ2n) is 4.67. The van der Waals surface area contributed by atoms with Gasteiger partial charge < -0.3 is 14.8 Å². The first kappa shape index (κ1) is 15.5. The lowest BCUT2D eigenvalue weighted by Crippen LogP contribution is -2.16. The van der Waals surface area contributed by atoms with Gasteiger partial charge in [0.1, 0.15) is 5.75 Å². The van der Waals surface area contributed by atoms with Crippen LogP contribution in [-0.2, 0) is 16.1 Å². The van der Waals surface area contributed by atoms with E-state index in [4.69, 9.17) is 4.74 Å². The van der Waals surface area contributed by atoms with Crippen LogP contribution in [-0.4, -0.2) is 25.7 Å². The highest BCUT2D eigenvalue weighted by atomic mass is 16.5. The summed E-state index contributed by atoms with van der Waals surface area (Å²) in [6.07, 6.45) is 1.43. The molecule has 1 aromatic carbocycles. The van der Waals surface area contributed by atoms with Crippen molar-refractivity contribution >= 4 is 5.97 Å². The van der Waals surface area contributed by atoms with E-state index in [2.05, 4.69) is 16.1 Å². The largest absolute Gasteiger partial charge is 0.491 e. The molecule has 19 heavy (non-hydrogen) atoms. The summed E-state index contributed by atoms with van der Waals surface area (Å²) in [6.45, 7) is 5.59. The van der Waals surface area contributed by atoms with Crippen LogP contribution < -0.4 is 10.1 Å². The first-order chi connectivity index (χ1) is 9.11. The molecule has 4 heteroatoms. The highest BCUT2D eigenvalue weighted by Gasteiger charge is 2.01. The smallest absolute Gasteiger partial charge is 0.305 e. The van der Waals surface area contributed by atoms with E-state index in [0.29, 0.717) is 6.42 Å². The molecule has 106 valence electrons. The minimum Gasteiger partial charge on any atom is -0.491 e. The molecule has 0 saturated heterocycles. The predicted octanol–water partition coefficient (Wildman–Crippen LogP) is 2.52. The summed E-state index contributed by atoms with van der Waals surface area (Å²) in [6, 6.07) is 8.04. The second kappa shape index (κ2) is 8.53. The Morgan fingerprint density at radius 3 is 2.84 bits per heavy atom. The van der Waals surface area contributed by atoms with Crippen molar-refractivity contribution in [1.29, 1.82) is 0 Å². The van der Waals surface area contributed by atoms with Crippen LogP contribution in [0.25, 0.3) is 0 Å². The third-order valence-corrected chi connectivity index (χ3v) is 2.56. The number of nitrogens with one attached hydrogen (secondary N) is 1. The molecule has 0 bridgehead atoms. The molecule has 0 unspecified atom stereocenters. The summed E-state index contributed by atoms with van der Waals surface area (Å²) in [7, 11) is 1.41. The van der Waals surface area contributed by atoms with E-state index in [9.17, 15) is 4.79 Å². The summed E-state index contributed by atoms with van der Waals surface area (Å²) in [5.74, 6) is 0.734. The zero-order chi connectivity index (χ0) is 14.1. The number of carbonyl (C=O) groups is 1. The summed E-state index contributed by atoms with van der Waals surface area (Å²) in [4.78, 5) is 10.9. The molecule has 0 saturated carbocycles. The third-order valence-electron chi connectivity index (χ3n) is 2.56. The number of hydrogen-bond donors (Lipinski definition) is 1. The molecule has 0 aromatic heterocycles. The number of hydrogen-bond acceptors (Lipinski definition) is 4. The Morgan fingerprint density at radius 2 is 2.16 bits per heavy atom. The maximum Gasteiger partial charge on any atom is 0.305 e. The highest BCUT2D eigenvalue weighted by Crippen LogP contribution is 2.14. The van der Waals surface area contributed by atoms with Crippen LogP contribution in [0, 0.1) is 0 Å². The molecule has 0 radical (unpaired) electrons. The van der Waals surface area contributed by atoms with E-state index in [1.54, 1.807) is 0 Å². The fourth-order valence-corrected chi connectivity index (χ4v) is 1.69. The standard InChI is InChI=1S/C15H23NO3/c1-12(2)19-14-7-4-6-13(10-14)11-16-9-5-8-15(17)18-3/h4,6-7,10,12,16H,5,8-9,11H2,1-3H3. The van der Waals surface area contributed by atoms with Crippen molar-refractivity contribution in [3.63, 3.8) is 0 Å². The summed E-state index contributed by atoms with van der Waals surface area (Å²) in [5.41, 5.74) is 1.18. The minimum atomic E-state index is -0.158. The molecule has 0 heterocycles. The lowest BCUT2D eigenvalue weighted by Gasteiger charge is -2.11. The Bertz CT molecular complexity index is 391. The molecule has 0 amide bonds. The predicted molar refractivity (Wildman–Crippen MR) is 75.2 cm³/mol. The number of ether oxygens (including phenoxy) is 2. The summed E-state index contributed by atoms with van der Waals surface area (Å²) < 4.78 is 10.2. The maximum absolute atomic E-state index is 10.9. The average Bonchev–Trinajstić information content (AvgIpc) is 2.37. The molecule has 0 aliphatic rings. The van der Waals surface area contributed by atoms with E-state index in [1.807, 2.05) is 32.0 Å². The average molecular weight is 265 g/mol. The molecule has 1 rings (SSSR count). The van der Waals surface area contributed by atoms with Gasteiger partial charge in [-0.15, -0.1) is 0 Å². The number of esters is 1. The first-order valence-corrected chi connectivity index (χ1v) is 6.65. The van der Waals surface area contributed by atoms with Crippen molar-refractivity contribution in [3.05, 3.63) is 29.8 Å². The molecule has 4 nitrogen and oxygen atoms in total. The summed E-state index contributed by atoms with van der Waals surface area (Å²) in [5, 5.41) is 3.30. The Kier molecular flexibility index (Phi) is 6.97. The Balaban J connectivity index is 2.27. The Morgan fingerprint density at radius 1 is 1.37 bits per heavy atom. The SMILES string of the molecule is COC(=O)CCCNCc1cccc(OC(C)C)c1. The number of carbonyl (C=O) groups excluding carboxylic acids is 1. The van der Waals surface area contributed by atoms with Gasteiger partial charge in [-0.1, -0.05) is 12.1 Å². The minimum absolute atomic E-state index is 0.158. The van der Waals surface area contributed by atoms with Crippen molar-refractivity contribution in [2.75, 3.05) is 13.7 Å². The van der Waals surface area contributed by atoms with Gasteiger partial charge in [-0.3, -0.25) is 4.79 Å². The van der Waals surface area contributed by atoms with Gasteiger partial charge in [0.05, 0.1) is 13.2 Å². The van der Waals surface area contributed by atoms with E-state index in [-0.39, 0.29) is 12.1 Å². The fraction of sp³-hybridized carbons (Fsp3) is 0.533. The molecular weight excluding hydrogens is 242 g/mol. The lowest BCUT2D eigenvalue weighted by molar-refractivity contribution is -0.140. The molecule has 0 spiro atoms. The Hall–Kier alpha value is -1.55. The zero-order valence-corrected chi connectivity index (χ0v) is 11.9. The molecular formula is C15H23NO3. The van der Waals surface area contributed by atoms with E-state index in [1.165, 1.54) is 12.7 Å². The van der Waals surface area contributed by atoms with Crippen LogP contribution in [0.1, 0.15) is 32.3 Å². The Labute approximate surface area is 115 Å². The van der Waals surface area contributed by atoms with Crippen LogP contribution in [0.4, 0.5) is 0 Å². The van der Waals surface area contributed by atoms with E-state index < -0.39 is 0 Å². The zero-order valence-electron chi connectivity index (χ0n) is 11.9. The number of rotatable bonds is 8. The number of benzene rings is 1. The van der Waals surface area contributed by atoms with Crippen molar-refractivity contribution in [3.8, 4) is 5.75 Å². The van der Waals surface area contributed by atoms with Crippen LogP contribution in [0.2, 0.25) is 0 Å². The molecule has 1 aromatic rings.